The van der Waals surface area contributed by atoms with Crippen LogP contribution in [-0.2, 0) is 6.42 Å². The second-order valence-electron chi connectivity index (χ2n) is 4.57. The first-order valence-electron chi connectivity index (χ1n) is 5.93. The van der Waals surface area contributed by atoms with Crippen LogP contribution in [0, 0.1) is 0 Å². The maximum atomic E-state index is 12.0. The third-order valence-electron chi connectivity index (χ3n) is 2.84. The standard InChI is InChI=1S/C15H17NO/c1-11(2)13-8-9-14(16-13)15(17)10-12-6-4-3-5-7-12/h3-9,11,16H,10H2,1-2H3. The molecular formula is C15H17NO. The Hall–Kier alpha value is -1.83. The van der Waals surface area contributed by atoms with Crippen molar-refractivity contribution >= 4 is 5.78 Å². The molecule has 0 atom stereocenters. The molecule has 0 aliphatic heterocycles. The van der Waals surface area contributed by atoms with Crippen LogP contribution in [0.4, 0.5) is 0 Å². The molecule has 1 aromatic carbocycles. The van der Waals surface area contributed by atoms with Crippen molar-refractivity contribution in [2.75, 3.05) is 0 Å². The van der Waals surface area contributed by atoms with Gasteiger partial charge in [0.05, 0.1) is 5.69 Å². The SMILES string of the molecule is CC(C)c1ccc(C(=O)Cc2ccccc2)[nH]1. The number of aromatic amines is 1. The van der Waals surface area contributed by atoms with E-state index in [0.717, 1.165) is 11.3 Å². The lowest BCUT2D eigenvalue weighted by Crippen LogP contribution is -2.04. The Morgan fingerprint density at radius 3 is 2.41 bits per heavy atom. The highest BCUT2D eigenvalue weighted by Gasteiger charge is 2.10. The molecule has 0 bridgehead atoms. The minimum Gasteiger partial charge on any atom is -0.356 e. The number of ketones is 1. The van der Waals surface area contributed by atoms with E-state index in [1.807, 2.05) is 42.5 Å². The lowest BCUT2D eigenvalue weighted by Gasteiger charge is -2.01. The molecule has 0 radical (unpaired) electrons. The van der Waals surface area contributed by atoms with Crippen LogP contribution >= 0.6 is 0 Å². The Balaban J connectivity index is 2.10. The lowest BCUT2D eigenvalue weighted by atomic mass is 10.1. The maximum absolute atomic E-state index is 12.0. The van der Waals surface area contributed by atoms with Gasteiger partial charge in [-0.2, -0.15) is 0 Å². The summed E-state index contributed by atoms with van der Waals surface area (Å²) in [7, 11) is 0. The van der Waals surface area contributed by atoms with Gasteiger partial charge >= 0.3 is 0 Å². The number of aromatic nitrogens is 1. The summed E-state index contributed by atoms with van der Waals surface area (Å²) in [6, 6.07) is 13.7. The zero-order chi connectivity index (χ0) is 12.3. The number of carbonyl (C=O) groups is 1. The topological polar surface area (TPSA) is 32.9 Å². The van der Waals surface area contributed by atoms with Crippen LogP contribution in [0.1, 0.15) is 41.5 Å². The van der Waals surface area contributed by atoms with Gasteiger partial charge in [-0.1, -0.05) is 44.2 Å². The Bertz CT molecular complexity index is 497. The number of rotatable bonds is 4. The Morgan fingerprint density at radius 1 is 1.12 bits per heavy atom. The van der Waals surface area contributed by atoms with Crippen molar-refractivity contribution in [3.05, 3.63) is 59.4 Å². The van der Waals surface area contributed by atoms with Crippen LogP contribution in [0.3, 0.4) is 0 Å². The smallest absolute Gasteiger partial charge is 0.183 e. The third-order valence-corrected chi connectivity index (χ3v) is 2.84. The van der Waals surface area contributed by atoms with Gasteiger partial charge in [0, 0.05) is 12.1 Å². The predicted octanol–water partition coefficient (Wildman–Crippen LogP) is 3.56. The van der Waals surface area contributed by atoms with E-state index >= 15 is 0 Å². The van der Waals surface area contributed by atoms with Crippen molar-refractivity contribution in [2.24, 2.45) is 0 Å². The number of benzene rings is 1. The number of hydrogen-bond acceptors (Lipinski definition) is 1. The summed E-state index contributed by atoms with van der Waals surface area (Å²) in [5.41, 5.74) is 2.87. The molecule has 1 heterocycles. The average molecular weight is 227 g/mol. The molecule has 0 fully saturated rings. The molecule has 0 saturated carbocycles. The molecular weight excluding hydrogens is 210 g/mol. The van der Waals surface area contributed by atoms with E-state index < -0.39 is 0 Å². The molecule has 0 unspecified atom stereocenters. The summed E-state index contributed by atoms with van der Waals surface area (Å²) in [6.45, 7) is 4.22. The summed E-state index contributed by atoms with van der Waals surface area (Å²) >= 11 is 0. The highest BCUT2D eigenvalue weighted by Crippen LogP contribution is 2.14. The van der Waals surface area contributed by atoms with E-state index in [-0.39, 0.29) is 5.78 Å². The zero-order valence-electron chi connectivity index (χ0n) is 10.2. The van der Waals surface area contributed by atoms with Crippen molar-refractivity contribution in [3.63, 3.8) is 0 Å². The summed E-state index contributed by atoms with van der Waals surface area (Å²) in [5, 5.41) is 0. The quantitative estimate of drug-likeness (QED) is 0.796. The fourth-order valence-electron chi connectivity index (χ4n) is 1.79. The molecule has 2 aromatic rings. The van der Waals surface area contributed by atoms with Gasteiger partial charge in [0.15, 0.2) is 5.78 Å². The van der Waals surface area contributed by atoms with Crippen molar-refractivity contribution in [2.45, 2.75) is 26.2 Å². The highest BCUT2D eigenvalue weighted by atomic mass is 16.1. The predicted molar refractivity (Wildman–Crippen MR) is 69.4 cm³/mol. The van der Waals surface area contributed by atoms with Gasteiger partial charge in [-0.15, -0.1) is 0 Å². The molecule has 0 spiro atoms. The third kappa shape index (κ3) is 2.84. The van der Waals surface area contributed by atoms with E-state index in [2.05, 4.69) is 18.8 Å². The number of hydrogen-bond donors (Lipinski definition) is 1. The summed E-state index contributed by atoms with van der Waals surface area (Å²) in [6.07, 6.45) is 0.457. The van der Waals surface area contributed by atoms with E-state index in [4.69, 9.17) is 0 Å². The molecule has 88 valence electrons. The molecule has 1 aromatic heterocycles. The zero-order valence-corrected chi connectivity index (χ0v) is 10.2. The van der Waals surface area contributed by atoms with E-state index in [0.29, 0.717) is 18.0 Å². The number of carbonyl (C=O) groups excluding carboxylic acids is 1. The second kappa shape index (κ2) is 5.00. The van der Waals surface area contributed by atoms with Gasteiger partial charge in [0.2, 0.25) is 0 Å². The fourth-order valence-corrected chi connectivity index (χ4v) is 1.79. The Kier molecular flexibility index (Phi) is 3.43. The van der Waals surface area contributed by atoms with Crippen molar-refractivity contribution in [3.8, 4) is 0 Å². The largest absolute Gasteiger partial charge is 0.356 e. The molecule has 0 aliphatic carbocycles. The number of nitrogens with one attached hydrogen (secondary N) is 1. The molecule has 0 aliphatic rings. The van der Waals surface area contributed by atoms with Gasteiger partial charge in [-0.3, -0.25) is 4.79 Å². The Labute approximate surface area is 102 Å². The van der Waals surface area contributed by atoms with Gasteiger partial charge in [0.25, 0.3) is 0 Å². The van der Waals surface area contributed by atoms with Crippen molar-refractivity contribution < 1.29 is 4.79 Å². The fraction of sp³-hybridized carbons (Fsp3) is 0.267. The van der Waals surface area contributed by atoms with Gasteiger partial charge in [-0.25, -0.2) is 0 Å². The van der Waals surface area contributed by atoms with Gasteiger partial charge in [-0.05, 0) is 23.6 Å². The summed E-state index contributed by atoms with van der Waals surface area (Å²) in [5.74, 6) is 0.566. The van der Waals surface area contributed by atoms with E-state index in [1.165, 1.54) is 0 Å². The van der Waals surface area contributed by atoms with Gasteiger partial charge in [0.1, 0.15) is 0 Å². The minimum absolute atomic E-state index is 0.142. The van der Waals surface area contributed by atoms with Crippen LogP contribution in [0.5, 0.6) is 0 Å². The maximum Gasteiger partial charge on any atom is 0.183 e. The first kappa shape index (κ1) is 11.6. The summed E-state index contributed by atoms with van der Waals surface area (Å²) < 4.78 is 0. The minimum atomic E-state index is 0.142. The normalized spacial score (nSPS) is 10.8. The first-order chi connectivity index (χ1) is 8.16. The van der Waals surface area contributed by atoms with Crippen LogP contribution < -0.4 is 0 Å². The van der Waals surface area contributed by atoms with Crippen LogP contribution in [0.25, 0.3) is 0 Å². The van der Waals surface area contributed by atoms with E-state index in [1.54, 1.807) is 0 Å². The molecule has 1 N–H and O–H groups in total. The summed E-state index contributed by atoms with van der Waals surface area (Å²) in [4.78, 5) is 15.2. The van der Waals surface area contributed by atoms with Crippen LogP contribution in [-0.4, -0.2) is 10.8 Å². The molecule has 2 rings (SSSR count). The van der Waals surface area contributed by atoms with Crippen LogP contribution in [0.2, 0.25) is 0 Å². The van der Waals surface area contributed by atoms with E-state index in [9.17, 15) is 4.79 Å². The average Bonchev–Trinajstić information content (AvgIpc) is 2.79. The van der Waals surface area contributed by atoms with Crippen LogP contribution in [0.15, 0.2) is 42.5 Å². The monoisotopic (exact) mass is 227 g/mol. The number of Topliss-reactive ketones (excluding diaryl/α,β-unsaturated/α-hetero) is 1. The number of H-pyrrole nitrogens is 1. The molecule has 2 nitrogen and oxygen atoms in total. The van der Waals surface area contributed by atoms with Crippen molar-refractivity contribution in [1.29, 1.82) is 0 Å². The lowest BCUT2D eigenvalue weighted by molar-refractivity contribution is 0.0988. The van der Waals surface area contributed by atoms with Crippen molar-refractivity contribution in [1.82, 2.24) is 4.98 Å². The van der Waals surface area contributed by atoms with Gasteiger partial charge < -0.3 is 4.98 Å². The molecule has 2 heteroatoms. The Morgan fingerprint density at radius 2 is 1.82 bits per heavy atom. The molecule has 0 saturated heterocycles. The molecule has 17 heavy (non-hydrogen) atoms. The highest BCUT2D eigenvalue weighted by molar-refractivity contribution is 5.96. The second-order valence-corrected chi connectivity index (χ2v) is 4.57. The first-order valence-corrected chi connectivity index (χ1v) is 5.93. The molecule has 0 amide bonds.